The molecule has 0 unspecified atom stereocenters. The number of ether oxygens (including phenoxy) is 1. The first-order valence-electron chi connectivity index (χ1n) is 6.13. The summed E-state index contributed by atoms with van der Waals surface area (Å²) in [6, 6.07) is 10.9. The van der Waals surface area contributed by atoms with Crippen LogP contribution in [0.2, 0.25) is 0 Å². The van der Waals surface area contributed by atoms with Gasteiger partial charge in [0.05, 0.1) is 6.61 Å². The van der Waals surface area contributed by atoms with Gasteiger partial charge in [0, 0.05) is 25.6 Å². The predicted molar refractivity (Wildman–Crippen MR) is 66.7 cm³/mol. The van der Waals surface area contributed by atoms with Crippen molar-refractivity contribution < 1.29 is 4.74 Å². The Morgan fingerprint density at radius 2 is 2.00 bits per heavy atom. The fourth-order valence-electron chi connectivity index (χ4n) is 2.46. The summed E-state index contributed by atoms with van der Waals surface area (Å²) in [4.78, 5) is 0. The molecule has 1 aromatic carbocycles. The minimum Gasteiger partial charge on any atom is -0.383 e. The zero-order valence-corrected chi connectivity index (χ0v) is 10.0. The van der Waals surface area contributed by atoms with Gasteiger partial charge in [-0.25, -0.2) is 0 Å². The number of hydrogen-bond donors (Lipinski definition) is 1. The standard InChI is InChI=1S/C14H21NO/c1-16-11-10-15-12-14(8-5-9-14)13-6-3-2-4-7-13/h2-4,6-7,15H,5,8-12H2,1H3. The van der Waals surface area contributed by atoms with Crippen LogP contribution < -0.4 is 5.32 Å². The van der Waals surface area contributed by atoms with Crippen molar-refractivity contribution in [1.82, 2.24) is 5.32 Å². The third-order valence-electron chi connectivity index (χ3n) is 3.64. The zero-order chi connectivity index (χ0) is 11.3. The van der Waals surface area contributed by atoms with Gasteiger partial charge in [0.25, 0.3) is 0 Å². The van der Waals surface area contributed by atoms with Crippen LogP contribution in [0.5, 0.6) is 0 Å². The molecule has 1 fully saturated rings. The third-order valence-corrected chi connectivity index (χ3v) is 3.64. The molecule has 0 bridgehead atoms. The molecule has 0 heterocycles. The van der Waals surface area contributed by atoms with Gasteiger partial charge in [-0.05, 0) is 18.4 Å². The molecule has 0 atom stereocenters. The number of rotatable bonds is 6. The summed E-state index contributed by atoms with van der Waals surface area (Å²) in [6.45, 7) is 2.83. The van der Waals surface area contributed by atoms with Crippen molar-refractivity contribution in [3.05, 3.63) is 35.9 Å². The monoisotopic (exact) mass is 219 g/mol. The van der Waals surface area contributed by atoms with E-state index in [1.54, 1.807) is 7.11 Å². The highest BCUT2D eigenvalue weighted by molar-refractivity contribution is 5.28. The van der Waals surface area contributed by atoms with Gasteiger partial charge < -0.3 is 10.1 Å². The van der Waals surface area contributed by atoms with Gasteiger partial charge in [-0.15, -0.1) is 0 Å². The molecular formula is C14H21NO. The lowest BCUT2D eigenvalue weighted by Gasteiger charge is -2.42. The summed E-state index contributed by atoms with van der Waals surface area (Å²) >= 11 is 0. The highest BCUT2D eigenvalue weighted by Crippen LogP contribution is 2.42. The summed E-state index contributed by atoms with van der Waals surface area (Å²) < 4.78 is 5.05. The van der Waals surface area contributed by atoms with Gasteiger partial charge in [0.1, 0.15) is 0 Å². The predicted octanol–water partition coefficient (Wildman–Crippen LogP) is 2.34. The zero-order valence-electron chi connectivity index (χ0n) is 10.0. The lowest BCUT2D eigenvalue weighted by atomic mass is 9.64. The maximum absolute atomic E-state index is 5.05. The first-order chi connectivity index (χ1) is 7.87. The molecule has 1 N–H and O–H groups in total. The van der Waals surface area contributed by atoms with E-state index in [0.29, 0.717) is 5.41 Å². The lowest BCUT2D eigenvalue weighted by Crippen LogP contribution is -2.44. The molecule has 1 saturated carbocycles. The van der Waals surface area contributed by atoms with Gasteiger partial charge >= 0.3 is 0 Å². The third kappa shape index (κ3) is 2.45. The Labute approximate surface area is 98.0 Å². The second kappa shape index (κ2) is 5.46. The van der Waals surface area contributed by atoms with Crippen molar-refractivity contribution >= 4 is 0 Å². The summed E-state index contributed by atoms with van der Waals surface area (Å²) in [5.74, 6) is 0. The topological polar surface area (TPSA) is 21.3 Å². The number of nitrogens with one attached hydrogen (secondary N) is 1. The molecule has 1 aromatic rings. The molecule has 0 spiro atoms. The SMILES string of the molecule is COCCNCC1(c2ccccc2)CCC1. The normalized spacial score (nSPS) is 18.1. The van der Waals surface area contributed by atoms with Crippen LogP contribution in [0.15, 0.2) is 30.3 Å². The van der Waals surface area contributed by atoms with Crippen LogP contribution >= 0.6 is 0 Å². The van der Waals surface area contributed by atoms with Crippen molar-refractivity contribution in [2.75, 3.05) is 26.8 Å². The molecule has 2 rings (SSSR count). The van der Waals surface area contributed by atoms with E-state index in [1.165, 1.54) is 24.8 Å². The highest BCUT2D eigenvalue weighted by Gasteiger charge is 2.37. The first-order valence-corrected chi connectivity index (χ1v) is 6.13. The van der Waals surface area contributed by atoms with Crippen LogP contribution in [0.3, 0.4) is 0 Å². The van der Waals surface area contributed by atoms with E-state index in [-0.39, 0.29) is 0 Å². The molecule has 1 aliphatic carbocycles. The Bertz CT molecular complexity index is 306. The van der Waals surface area contributed by atoms with Gasteiger partial charge in [0.2, 0.25) is 0 Å². The second-order valence-corrected chi connectivity index (χ2v) is 4.67. The van der Waals surface area contributed by atoms with Crippen LogP contribution in [0.4, 0.5) is 0 Å². The maximum Gasteiger partial charge on any atom is 0.0587 e. The quantitative estimate of drug-likeness (QED) is 0.742. The van der Waals surface area contributed by atoms with Crippen molar-refractivity contribution in [3.63, 3.8) is 0 Å². The van der Waals surface area contributed by atoms with E-state index >= 15 is 0 Å². The van der Waals surface area contributed by atoms with Crippen molar-refractivity contribution in [1.29, 1.82) is 0 Å². The molecule has 1 aliphatic rings. The Kier molecular flexibility index (Phi) is 3.97. The molecule has 0 radical (unpaired) electrons. The van der Waals surface area contributed by atoms with Crippen LogP contribution in [-0.4, -0.2) is 26.8 Å². The van der Waals surface area contributed by atoms with Crippen molar-refractivity contribution in [2.24, 2.45) is 0 Å². The van der Waals surface area contributed by atoms with E-state index in [0.717, 1.165) is 19.7 Å². The van der Waals surface area contributed by atoms with Crippen LogP contribution in [0, 0.1) is 0 Å². The molecular weight excluding hydrogens is 198 g/mol. The lowest BCUT2D eigenvalue weighted by molar-refractivity contribution is 0.185. The Hall–Kier alpha value is -0.860. The molecule has 0 saturated heterocycles. The summed E-state index contributed by atoms with van der Waals surface area (Å²) in [5, 5.41) is 3.50. The minimum atomic E-state index is 0.398. The summed E-state index contributed by atoms with van der Waals surface area (Å²) in [7, 11) is 1.75. The van der Waals surface area contributed by atoms with Crippen LogP contribution in [0.25, 0.3) is 0 Å². The Morgan fingerprint density at radius 3 is 2.56 bits per heavy atom. The van der Waals surface area contributed by atoms with Crippen LogP contribution in [0.1, 0.15) is 24.8 Å². The van der Waals surface area contributed by atoms with Crippen LogP contribution in [-0.2, 0) is 10.2 Å². The molecule has 88 valence electrons. The average molecular weight is 219 g/mol. The molecule has 2 heteroatoms. The fourth-order valence-corrected chi connectivity index (χ4v) is 2.46. The van der Waals surface area contributed by atoms with Gasteiger partial charge in [-0.2, -0.15) is 0 Å². The maximum atomic E-state index is 5.05. The molecule has 0 aromatic heterocycles. The molecule has 0 amide bonds. The number of benzene rings is 1. The second-order valence-electron chi connectivity index (χ2n) is 4.67. The molecule has 16 heavy (non-hydrogen) atoms. The van der Waals surface area contributed by atoms with E-state index in [1.807, 2.05) is 0 Å². The highest BCUT2D eigenvalue weighted by atomic mass is 16.5. The summed E-state index contributed by atoms with van der Waals surface area (Å²) in [6.07, 6.45) is 3.99. The largest absolute Gasteiger partial charge is 0.383 e. The van der Waals surface area contributed by atoms with E-state index in [4.69, 9.17) is 4.74 Å². The first kappa shape index (κ1) is 11.6. The summed E-state index contributed by atoms with van der Waals surface area (Å²) in [5.41, 5.74) is 1.89. The van der Waals surface area contributed by atoms with Gasteiger partial charge in [-0.1, -0.05) is 36.8 Å². The number of hydrogen-bond acceptors (Lipinski definition) is 2. The smallest absolute Gasteiger partial charge is 0.0587 e. The van der Waals surface area contributed by atoms with Gasteiger partial charge in [0.15, 0.2) is 0 Å². The van der Waals surface area contributed by atoms with E-state index in [9.17, 15) is 0 Å². The molecule has 0 aliphatic heterocycles. The fraction of sp³-hybridized carbons (Fsp3) is 0.571. The minimum absolute atomic E-state index is 0.398. The van der Waals surface area contributed by atoms with E-state index < -0.39 is 0 Å². The van der Waals surface area contributed by atoms with Gasteiger partial charge in [-0.3, -0.25) is 0 Å². The van der Waals surface area contributed by atoms with Crippen molar-refractivity contribution in [3.8, 4) is 0 Å². The Balaban J connectivity index is 1.92. The Morgan fingerprint density at radius 1 is 1.25 bits per heavy atom. The number of methoxy groups -OCH3 is 1. The average Bonchev–Trinajstić information content (AvgIpc) is 2.28. The van der Waals surface area contributed by atoms with E-state index in [2.05, 4.69) is 35.6 Å². The molecule has 2 nitrogen and oxygen atoms in total. The van der Waals surface area contributed by atoms with Crippen molar-refractivity contribution in [2.45, 2.75) is 24.7 Å².